The second-order valence-corrected chi connectivity index (χ2v) is 5.53. The lowest BCUT2D eigenvalue weighted by Gasteiger charge is -2.38. The van der Waals surface area contributed by atoms with E-state index in [1.54, 1.807) is 11.9 Å². The number of rotatable bonds is 6. The number of ether oxygens (including phenoxy) is 1. The molecule has 0 aromatic carbocycles. The fraction of sp³-hybridized carbons (Fsp3) is 0.857. The molecule has 0 bridgehead atoms. The molecule has 6 heteroatoms. The molecule has 1 rings (SSSR count). The van der Waals surface area contributed by atoms with Gasteiger partial charge in [-0.15, -0.1) is 0 Å². The summed E-state index contributed by atoms with van der Waals surface area (Å²) in [4.78, 5) is 26.4. The molecule has 2 unspecified atom stereocenters. The van der Waals surface area contributed by atoms with Crippen LogP contribution in [0.5, 0.6) is 0 Å². The maximum Gasteiger partial charge on any atom is 0.323 e. The van der Waals surface area contributed by atoms with Crippen molar-refractivity contribution < 1.29 is 19.4 Å². The van der Waals surface area contributed by atoms with Crippen molar-refractivity contribution in [3.63, 3.8) is 0 Å². The highest BCUT2D eigenvalue weighted by atomic mass is 16.5. The lowest BCUT2D eigenvalue weighted by molar-refractivity contribution is -0.137. The molecule has 1 N–H and O–H groups in total. The summed E-state index contributed by atoms with van der Waals surface area (Å²) in [5.41, 5.74) is 0. The van der Waals surface area contributed by atoms with Gasteiger partial charge in [-0.3, -0.25) is 4.79 Å². The third kappa shape index (κ3) is 4.67. The first-order valence-corrected chi connectivity index (χ1v) is 7.19. The Labute approximate surface area is 120 Å². The molecule has 1 aliphatic carbocycles. The van der Waals surface area contributed by atoms with Gasteiger partial charge in [-0.25, -0.2) is 4.79 Å². The summed E-state index contributed by atoms with van der Waals surface area (Å²) in [6.45, 7) is 2.51. The van der Waals surface area contributed by atoms with Crippen molar-refractivity contribution in [1.29, 1.82) is 0 Å². The van der Waals surface area contributed by atoms with Gasteiger partial charge in [0.15, 0.2) is 0 Å². The summed E-state index contributed by atoms with van der Waals surface area (Å²) in [6, 6.07) is -0.0155. The summed E-state index contributed by atoms with van der Waals surface area (Å²) in [6.07, 6.45) is 4.46. The van der Waals surface area contributed by atoms with Crippen LogP contribution in [0.2, 0.25) is 0 Å². The second-order valence-electron chi connectivity index (χ2n) is 5.53. The van der Waals surface area contributed by atoms with Gasteiger partial charge in [0.1, 0.15) is 6.54 Å². The van der Waals surface area contributed by atoms with Crippen molar-refractivity contribution in [3.8, 4) is 0 Å². The van der Waals surface area contributed by atoms with E-state index in [2.05, 4.69) is 6.92 Å². The van der Waals surface area contributed by atoms with E-state index >= 15 is 0 Å². The van der Waals surface area contributed by atoms with Gasteiger partial charge in [-0.1, -0.05) is 19.8 Å². The molecule has 1 saturated carbocycles. The van der Waals surface area contributed by atoms with Crippen LogP contribution in [0.3, 0.4) is 0 Å². The zero-order chi connectivity index (χ0) is 15.1. The normalized spacial score (nSPS) is 22.4. The largest absolute Gasteiger partial charge is 0.480 e. The topological polar surface area (TPSA) is 70.1 Å². The summed E-state index contributed by atoms with van der Waals surface area (Å²) in [5, 5.41) is 8.92. The van der Waals surface area contributed by atoms with E-state index in [1.165, 1.54) is 18.4 Å². The van der Waals surface area contributed by atoms with Crippen LogP contribution in [0.25, 0.3) is 0 Å². The first kappa shape index (κ1) is 16.8. The third-order valence-electron chi connectivity index (χ3n) is 4.03. The lowest BCUT2D eigenvalue weighted by Crippen LogP contribution is -2.51. The third-order valence-corrected chi connectivity index (χ3v) is 4.03. The van der Waals surface area contributed by atoms with Crippen LogP contribution in [0.1, 0.15) is 32.6 Å². The highest BCUT2D eigenvalue weighted by Gasteiger charge is 2.30. The molecular weight excluding hydrogens is 260 g/mol. The fourth-order valence-corrected chi connectivity index (χ4v) is 2.84. The number of hydrogen-bond donors (Lipinski definition) is 1. The van der Waals surface area contributed by atoms with Crippen LogP contribution in [0.15, 0.2) is 0 Å². The van der Waals surface area contributed by atoms with E-state index in [4.69, 9.17) is 9.84 Å². The molecule has 0 aromatic rings. The van der Waals surface area contributed by atoms with E-state index < -0.39 is 5.97 Å². The second kappa shape index (κ2) is 8.09. The average Bonchev–Trinajstić information content (AvgIpc) is 2.42. The zero-order valence-corrected chi connectivity index (χ0v) is 12.7. The SMILES string of the molecule is COCCN(CC(=O)O)C(=O)N(C)C1CCCCC1C. The van der Waals surface area contributed by atoms with Crippen molar-refractivity contribution in [3.05, 3.63) is 0 Å². The highest BCUT2D eigenvalue weighted by Crippen LogP contribution is 2.27. The molecule has 0 aromatic heterocycles. The first-order chi connectivity index (χ1) is 9.47. The van der Waals surface area contributed by atoms with Crippen molar-refractivity contribution in [2.24, 2.45) is 5.92 Å². The Balaban J connectivity index is 2.68. The van der Waals surface area contributed by atoms with Crippen LogP contribution in [0, 0.1) is 5.92 Å². The van der Waals surface area contributed by atoms with Gasteiger partial charge in [0, 0.05) is 26.7 Å². The number of carboxylic acid groups (broad SMARTS) is 1. The van der Waals surface area contributed by atoms with Crippen LogP contribution in [-0.2, 0) is 9.53 Å². The number of carbonyl (C=O) groups is 2. The molecule has 6 nitrogen and oxygen atoms in total. The summed E-state index contributed by atoms with van der Waals surface area (Å²) in [7, 11) is 3.31. The van der Waals surface area contributed by atoms with Crippen LogP contribution in [-0.4, -0.2) is 66.8 Å². The van der Waals surface area contributed by atoms with E-state index in [-0.39, 0.29) is 18.6 Å². The maximum atomic E-state index is 12.5. The quantitative estimate of drug-likeness (QED) is 0.806. The number of urea groups is 1. The van der Waals surface area contributed by atoms with E-state index in [1.807, 2.05) is 0 Å². The molecule has 1 fully saturated rings. The van der Waals surface area contributed by atoms with Crippen LogP contribution in [0.4, 0.5) is 4.79 Å². The monoisotopic (exact) mass is 286 g/mol. The Morgan fingerprint density at radius 2 is 1.95 bits per heavy atom. The average molecular weight is 286 g/mol. The summed E-state index contributed by atoms with van der Waals surface area (Å²) in [5.74, 6) is -0.536. The Kier molecular flexibility index (Phi) is 6.78. The van der Waals surface area contributed by atoms with E-state index in [9.17, 15) is 9.59 Å². The first-order valence-electron chi connectivity index (χ1n) is 7.19. The lowest BCUT2D eigenvalue weighted by atomic mass is 9.85. The number of amides is 2. The van der Waals surface area contributed by atoms with Crippen molar-refractivity contribution in [2.75, 3.05) is 33.9 Å². The number of carboxylic acids is 1. The Morgan fingerprint density at radius 1 is 1.30 bits per heavy atom. The van der Waals surface area contributed by atoms with E-state index in [0.29, 0.717) is 19.1 Å². The molecule has 2 amide bonds. The number of methoxy groups -OCH3 is 1. The van der Waals surface area contributed by atoms with Crippen molar-refractivity contribution in [1.82, 2.24) is 9.80 Å². The minimum absolute atomic E-state index is 0.204. The van der Waals surface area contributed by atoms with Gasteiger partial charge in [0.25, 0.3) is 0 Å². The fourth-order valence-electron chi connectivity index (χ4n) is 2.84. The number of hydrogen-bond acceptors (Lipinski definition) is 3. The minimum Gasteiger partial charge on any atom is -0.480 e. The number of aliphatic carboxylic acids is 1. The predicted octanol–water partition coefficient (Wildman–Crippen LogP) is 1.65. The van der Waals surface area contributed by atoms with E-state index in [0.717, 1.165) is 19.3 Å². The Bertz CT molecular complexity index is 335. The Morgan fingerprint density at radius 3 is 2.50 bits per heavy atom. The molecule has 0 aliphatic heterocycles. The molecule has 0 heterocycles. The van der Waals surface area contributed by atoms with Gasteiger partial charge in [0.05, 0.1) is 6.61 Å². The maximum absolute atomic E-state index is 12.5. The molecular formula is C14H26N2O4. The number of nitrogens with zero attached hydrogens (tertiary/aromatic N) is 2. The van der Waals surface area contributed by atoms with Crippen LogP contribution < -0.4 is 0 Å². The molecule has 1 aliphatic rings. The summed E-state index contributed by atoms with van der Waals surface area (Å²) < 4.78 is 4.95. The van der Waals surface area contributed by atoms with Gasteiger partial charge in [0.2, 0.25) is 0 Å². The number of carbonyl (C=O) groups excluding carboxylic acids is 1. The molecule has 20 heavy (non-hydrogen) atoms. The van der Waals surface area contributed by atoms with Gasteiger partial charge in [-0.2, -0.15) is 0 Å². The van der Waals surface area contributed by atoms with Crippen molar-refractivity contribution >= 4 is 12.0 Å². The van der Waals surface area contributed by atoms with Crippen LogP contribution >= 0.6 is 0 Å². The predicted molar refractivity (Wildman–Crippen MR) is 75.7 cm³/mol. The van der Waals surface area contributed by atoms with Gasteiger partial charge in [-0.05, 0) is 18.8 Å². The molecule has 0 spiro atoms. The zero-order valence-electron chi connectivity index (χ0n) is 12.7. The molecule has 0 radical (unpaired) electrons. The summed E-state index contributed by atoms with van der Waals surface area (Å²) >= 11 is 0. The Hall–Kier alpha value is -1.30. The van der Waals surface area contributed by atoms with Gasteiger partial charge >= 0.3 is 12.0 Å². The van der Waals surface area contributed by atoms with Gasteiger partial charge < -0.3 is 19.6 Å². The minimum atomic E-state index is -1.00. The molecule has 0 saturated heterocycles. The highest BCUT2D eigenvalue weighted by molar-refractivity contribution is 5.80. The molecule has 116 valence electrons. The standard InChI is InChI=1S/C14H26N2O4/c1-11-6-4-5-7-12(11)15(2)14(19)16(8-9-20-3)10-13(17)18/h11-12H,4-10H2,1-3H3,(H,17,18). The van der Waals surface area contributed by atoms with Crippen molar-refractivity contribution in [2.45, 2.75) is 38.6 Å². The smallest absolute Gasteiger partial charge is 0.323 e. The molecule has 2 atom stereocenters.